The van der Waals surface area contributed by atoms with Crippen LogP contribution in [0, 0.1) is 5.82 Å². The van der Waals surface area contributed by atoms with Crippen molar-refractivity contribution in [2.45, 2.75) is 13.0 Å². The zero-order valence-corrected chi connectivity index (χ0v) is 16.1. The average molecular weight is 410 g/mol. The summed E-state index contributed by atoms with van der Waals surface area (Å²) in [5, 5.41) is 2.97. The molecule has 0 atom stereocenters. The third kappa shape index (κ3) is 4.55. The number of imidazole rings is 1. The first-order valence-electron chi connectivity index (χ1n) is 8.97. The summed E-state index contributed by atoms with van der Waals surface area (Å²) in [6, 6.07) is 17.1. The standard InChI is InChI=1S/C22H17ClFN3O2/c23-19-7-4-8-20(24)18(19)12-22(28)26-15-5-3-6-17(11-15)29-14-16-13-27-10-2-1-9-21(27)25-16/h1-11,13H,12,14H2,(H,26,28). The van der Waals surface area contributed by atoms with Crippen molar-refractivity contribution in [3.8, 4) is 5.75 Å². The van der Waals surface area contributed by atoms with Crippen molar-refractivity contribution in [2.75, 3.05) is 5.32 Å². The quantitative estimate of drug-likeness (QED) is 0.493. The summed E-state index contributed by atoms with van der Waals surface area (Å²) in [5.74, 6) is -0.282. The number of hydrogen-bond donors (Lipinski definition) is 1. The Balaban J connectivity index is 1.39. The van der Waals surface area contributed by atoms with Gasteiger partial charge in [0.15, 0.2) is 0 Å². The van der Waals surface area contributed by atoms with Gasteiger partial charge in [0.05, 0.1) is 12.1 Å². The van der Waals surface area contributed by atoms with E-state index >= 15 is 0 Å². The van der Waals surface area contributed by atoms with Crippen molar-refractivity contribution in [3.63, 3.8) is 0 Å². The summed E-state index contributed by atoms with van der Waals surface area (Å²) in [5.41, 5.74) is 2.36. The molecule has 0 spiro atoms. The lowest BCUT2D eigenvalue weighted by Gasteiger charge is -2.09. The first-order chi connectivity index (χ1) is 14.1. The lowest BCUT2D eigenvalue weighted by atomic mass is 10.1. The smallest absolute Gasteiger partial charge is 0.228 e. The van der Waals surface area contributed by atoms with Gasteiger partial charge in [-0.15, -0.1) is 0 Å². The lowest BCUT2D eigenvalue weighted by Crippen LogP contribution is -2.15. The maximum atomic E-state index is 13.9. The number of anilines is 1. The van der Waals surface area contributed by atoms with E-state index in [-0.39, 0.29) is 22.9 Å². The summed E-state index contributed by atoms with van der Waals surface area (Å²) in [6.07, 6.45) is 3.67. The Kier molecular flexibility index (Phi) is 5.44. The number of halogens is 2. The minimum Gasteiger partial charge on any atom is -0.487 e. The minimum atomic E-state index is -0.503. The molecule has 29 heavy (non-hydrogen) atoms. The van der Waals surface area contributed by atoms with Gasteiger partial charge in [0.25, 0.3) is 0 Å². The predicted molar refractivity (Wildman–Crippen MR) is 110 cm³/mol. The topological polar surface area (TPSA) is 55.6 Å². The van der Waals surface area contributed by atoms with E-state index in [0.29, 0.717) is 18.0 Å². The monoisotopic (exact) mass is 409 g/mol. The Morgan fingerprint density at radius 1 is 1.14 bits per heavy atom. The van der Waals surface area contributed by atoms with Gasteiger partial charge < -0.3 is 14.5 Å². The highest BCUT2D eigenvalue weighted by molar-refractivity contribution is 6.31. The molecule has 1 N–H and O–H groups in total. The van der Waals surface area contributed by atoms with Crippen molar-refractivity contribution in [2.24, 2.45) is 0 Å². The van der Waals surface area contributed by atoms with Crippen molar-refractivity contribution in [1.29, 1.82) is 0 Å². The van der Waals surface area contributed by atoms with E-state index in [1.54, 1.807) is 30.3 Å². The molecular formula is C22H17ClFN3O2. The predicted octanol–water partition coefficient (Wildman–Crippen LogP) is 4.89. The number of fused-ring (bicyclic) bond motifs is 1. The molecule has 146 valence electrons. The van der Waals surface area contributed by atoms with Crippen LogP contribution < -0.4 is 10.1 Å². The van der Waals surface area contributed by atoms with Gasteiger partial charge in [0, 0.05) is 34.7 Å². The van der Waals surface area contributed by atoms with Crippen LogP contribution in [0.2, 0.25) is 5.02 Å². The second-order valence-electron chi connectivity index (χ2n) is 6.44. The molecule has 0 fully saturated rings. The van der Waals surface area contributed by atoms with Crippen LogP contribution in [0.3, 0.4) is 0 Å². The first kappa shape index (κ1) is 19.0. The number of hydrogen-bond acceptors (Lipinski definition) is 3. The fourth-order valence-corrected chi connectivity index (χ4v) is 3.17. The first-order valence-corrected chi connectivity index (χ1v) is 9.34. The van der Waals surface area contributed by atoms with Crippen LogP contribution in [0.1, 0.15) is 11.3 Å². The summed E-state index contributed by atoms with van der Waals surface area (Å²) >= 11 is 5.98. The van der Waals surface area contributed by atoms with Crippen LogP contribution in [0.25, 0.3) is 5.65 Å². The SMILES string of the molecule is O=C(Cc1c(F)cccc1Cl)Nc1cccc(OCc2cn3ccccc3n2)c1. The Bertz CT molecular complexity index is 1120. The summed E-state index contributed by atoms with van der Waals surface area (Å²) in [6.45, 7) is 0.296. The second-order valence-corrected chi connectivity index (χ2v) is 6.85. The Morgan fingerprint density at radius 2 is 2.00 bits per heavy atom. The van der Waals surface area contributed by atoms with Crippen LogP contribution in [-0.2, 0) is 17.8 Å². The molecule has 0 saturated carbocycles. The molecule has 0 bridgehead atoms. The molecule has 0 radical (unpaired) electrons. The number of rotatable bonds is 6. The molecule has 2 aromatic carbocycles. The highest BCUT2D eigenvalue weighted by Gasteiger charge is 2.12. The highest BCUT2D eigenvalue weighted by atomic mass is 35.5. The Morgan fingerprint density at radius 3 is 2.83 bits per heavy atom. The number of benzene rings is 2. The number of carbonyl (C=O) groups excluding carboxylic acids is 1. The molecule has 2 aromatic heterocycles. The minimum absolute atomic E-state index is 0.155. The van der Waals surface area contributed by atoms with Gasteiger partial charge in [-0.25, -0.2) is 9.37 Å². The summed E-state index contributed by atoms with van der Waals surface area (Å²) < 4.78 is 21.6. The van der Waals surface area contributed by atoms with E-state index in [9.17, 15) is 9.18 Å². The van der Waals surface area contributed by atoms with E-state index in [0.717, 1.165) is 11.3 Å². The van der Waals surface area contributed by atoms with E-state index in [2.05, 4.69) is 10.3 Å². The molecule has 7 heteroatoms. The number of ether oxygens (including phenoxy) is 1. The van der Waals surface area contributed by atoms with Gasteiger partial charge in [0.2, 0.25) is 5.91 Å². The molecule has 0 aliphatic carbocycles. The molecule has 0 saturated heterocycles. The van der Waals surface area contributed by atoms with Crippen LogP contribution in [0.15, 0.2) is 73.1 Å². The summed E-state index contributed by atoms with van der Waals surface area (Å²) in [7, 11) is 0. The highest BCUT2D eigenvalue weighted by Crippen LogP contribution is 2.22. The van der Waals surface area contributed by atoms with Crippen molar-refractivity contribution in [1.82, 2.24) is 9.38 Å². The van der Waals surface area contributed by atoms with Crippen molar-refractivity contribution in [3.05, 3.63) is 95.2 Å². The number of pyridine rings is 1. The Hall–Kier alpha value is -3.38. The third-order valence-corrected chi connectivity index (χ3v) is 4.67. The van der Waals surface area contributed by atoms with Gasteiger partial charge in [-0.1, -0.05) is 29.8 Å². The van der Waals surface area contributed by atoms with Gasteiger partial charge in [0.1, 0.15) is 23.8 Å². The molecule has 1 amide bonds. The largest absolute Gasteiger partial charge is 0.487 e. The van der Waals surface area contributed by atoms with Crippen LogP contribution >= 0.6 is 11.6 Å². The van der Waals surface area contributed by atoms with Gasteiger partial charge in [-0.2, -0.15) is 0 Å². The number of nitrogens with one attached hydrogen (secondary N) is 1. The average Bonchev–Trinajstić information content (AvgIpc) is 3.13. The number of amides is 1. The maximum Gasteiger partial charge on any atom is 0.228 e. The fourth-order valence-electron chi connectivity index (χ4n) is 2.94. The van der Waals surface area contributed by atoms with Crippen molar-refractivity contribution >= 4 is 28.8 Å². The molecule has 0 aliphatic rings. The normalized spacial score (nSPS) is 10.8. The van der Waals surface area contributed by atoms with Gasteiger partial charge >= 0.3 is 0 Å². The van der Waals surface area contributed by atoms with Crippen LogP contribution in [0.5, 0.6) is 5.75 Å². The maximum absolute atomic E-state index is 13.9. The van der Waals surface area contributed by atoms with E-state index in [1.165, 1.54) is 12.1 Å². The number of nitrogens with zero attached hydrogens (tertiary/aromatic N) is 2. The lowest BCUT2D eigenvalue weighted by molar-refractivity contribution is -0.115. The van der Waals surface area contributed by atoms with Crippen molar-refractivity contribution < 1.29 is 13.9 Å². The Labute approximate surface area is 171 Å². The van der Waals surface area contributed by atoms with Crippen LogP contribution in [-0.4, -0.2) is 15.3 Å². The second kappa shape index (κ2) is 8.32. The zero-order chi connectivity index (χ0) is 20.2. The zero-order valence-electron chi connectivity index (χ0n) is 15.3. The number of carbonyl (C=O) groups is 1. The third-order valence-electron chi connectivity index (χ3n) is 4.32. The van der Waals surface area contributed by atoms with E-state index in [4.69, 9.17) is 16.3 Å². The van der Waals surface area contributed by atoms with Crippen LogP contribution in [0.4, 0.5) is 10.1 Å². The summed E-state index contributed by atoms with van der Waals surface area (Å²) in [4.78, 5) is 16.8. The molecule has 4 aromatic rings. The van der Waals surface area contributed by atoms with Gasteiger partial charge in [-0.3, -0.25) is 4.79 Å². The molecule has 2 heterocycles. The molecule has 0 unspecified atom stereocenters. The molecular weight excluding hydrogens is 393 g/mol. The van der Waals surface area contributed by atoms with Gasteiger partial charge in [-0.05, 0) is 36.4 Å². The molecule has 4 rings (SSSR count). The fraction of sp³-hybridized carbons (Fsp3) is 0.0909. The number of aromatic nitrogens is 2. The molecule has 5 nitrogen and oxygen atoms in total. The molecule has 0 aliphatic heterocycles. The van der Waals surface area contributed by atoms with E-state index in [1.807, 2.05) is 35.0 Å². The van der Waals surface area contributed by atoms with E-state index < -0.39 is 5.82 Å².